The maximum Gasteiger partial charge on any atom is 0.276 e. The number of hydrogen-bond donors (Lipinski definition) is 2. The van der Waals surface area contributed by atoms with Crippen molar-refractivity contribution in [3.8, 4) is 5.75 Å². The van der Waals surface area contributed by atoms with Crippen LogP contribution in [0, 0.1) is 17.5 Å². The fraction of sp³-hybridized carbons (Fsp3) is 0.0556. The van der Waals surface area contributed by atoms with Crippen LogP contribution in [0.3, 0.4) is 0 Å². The predicted molar refractivity (Wildman–Crippen MR) is 92.6 cm³/mol. The topological polar surface area (TPSA) is 76.1 Å². The molecule has 0 aliphatic heterocycles. The number of carbonyl (C=O) groups is 1. The molecule has 2 N–H and O–H groups in total. The van der Waals surface area contributed by atoms with Gasteiger partial charge in [-0.25, -0.2) is 13.2 Å². The molecule has 0 aliphatic carbocycles. The van der Waals surface area contributed by atoms with Crippen molar-refractivity contribution in [1.29, 1.82) is 0 Å². The maximum atomic E-state index is 13.7. The molecular formula is C18H13F3N4O2. The summed E-state index contributed by atoms with van der Waals surface area (Å²) in [6, 6.07) is 11.2. The standard InChI is InChI=1S/C18H13F3N4O2/c1-27-11-4-2-10(3-5-11)22-18(26)14-8-9-15(25-24-14)23-13-7-6-12(19)16(20)17(13)21/h2-9H,1H3,(H,22,26)(H,23,25). The molecule has 0 bridgehead atoms. The molecular weight excluding hydrogens is 361 g/mol. The largest absolute Gasteiger partial charge is 0.497 e. The molecule has 1 amide bonds. The average molecular weight is 374 g/mol. The minimum atomic E-state index is -1.59. The highest BCUT2D eigenvalue weighted by Crippen LogP contribution is 2.22. The van der Waals surface area contributed by atoms with Gasteiger partial charge in [0.05, 0.1) is 12.8 Å². The number of ether oxygens (including phenoxy) is 1. The average Bonchev–Trinajstić information content (AvgIpc) is 2.69. The zero-order valence-corrected chi connectivity index (χ0v) is 14.0. The maximum absolute atomic E-state index is 13.7. The summed E-state index contributed by atoms with van der Waals surface area (Å²) in [6.45, 7) is 0. The third-order valence-corrected chi connectivity index (χ3v) is 3.54. The predicted octanol–water partition coefficient (Wildman–Crippen LogP) is 3.90. The minimum Gasteiger partial charge on any atom is -0.497 e. The molecule has 3 aromatic rings. The molecule has 0 fully saturated rings. The van der Waals surface area contributed by atoms with Crippen LogP contribution in [-0.4, -0.2) is 23.2 Å². The lowest BCUT2D eigenvalue weighted by Gasteiger charge is -2.08. The van der Waals surface area contributed by atoms with Gasteiger partial charge in [0.15, 0.2) is 29.0 Å². The Kier molecular flexibility index (Phi) is 5.20. The molecule has 2 aromatic carbocycles. The molecule has 0 saturated heterocycles. The summed E-state index contributed by atoms with van der Waals surface area (Å²) in [5.41, 5.74) is 0.245. The van der Waals surface area contributed by atoms with Crippen LogP contribution in [0.25, 0.3) is 0 Å². The van der Waals surface area contributed by atoms with Gasteiger partial charge in [0, 0.05) is 5.69 Å². The second-order valence-corrected chi connectivity index (χ2v) is 5.33. The zero-order valence-electron chi connectivity index (χ0n) is 14.0. The number of rotatable bonds is 5. The van der Waals surface area contributed by atoms with Crippen molar-refractivity contribution in [2.24, 2.45) is 0 Å². The van der Waals surface area contributed by atoms with Gasteiger partial charge in [0.2, 0.25) is 0 Å². The number of amides is 1. The third-order valence-electron chi connectivity index (χ3n) is 3.54. The molecule has 27 heavy (non-hydrogen) atoms. The van der Waals surface area contributed by atoms with Crippen molar-refractivity contribution in [1.82, 2.24) is 10.2 Å². The fourth-order valence-corrected chi connectivity index (χ4v) is 2.15. The summed E-state index contributed by atoms with van der Waals surface area (Å²) in [5, 5.41) is 12.6. The Morgan fingerprint density at radius 3 is 2.30 bits per heavy atom. The Balaban J connectivity index is 1.69. The minimum absolute atomic E-state index is 0.0159. The molecule has 6 nitrogen and oxygen atoms in total. The first-order valence-corrected chi connectivity index (χ1v) is 7.67. The molecule has 0 saturated carbocycles. The van der Waals surface area contributed by atoms with Gasteiger partial charge in [-0.2, -0.15) is 0 Å². The number of benzene rings is 2. The second kappa shape index (κ2) is 7.73. The van der Waals surface area contributed by atoms with Gasteiger partial charge in [0.25, 0.3) is 5.91 Å². The van der Waals surface area contributed by atoms with Crippen LogP contribution in [0.15, 0.2) is 48.5 Å². The number of anilines is 3. The summed E-state index contributed by atoms with van der Waals surface area (Å²) in [5.74, 6) is -4.07. The van der Waals surface area contributed by atoms with E-state index in [0.717, 1.165) is 12.1 Å². The van der Waals surface area contributed by atoms with Gasteiger partial charge in [-0.05, 0) is 48.5 Å². The van der Waals surface area contributed by atoms with Gasteiger partial charge >= 0.3 is 0 Å². The Bertz CT molecular complexity index is 964. The number of carbonyl (C=O) groups excluding carboxylic acids is 1. The number of nitrogens with one attached hydrogen (secondary N) is 2. The van der Waals surface area contributed by atoms with Crippen LogP contribution in [-0.2, 0) is 0 Å². The van der Waals surface area contributed by atoms with Crippen molar-refractivity contribution in [3.05, 3.63) is 71.7 Å². The van der Waals surface area contributed by atoms with Crippen LogP contribution >= 0.6 is 0 Å². The molecule has 0 spiro atoms. The lowest BCUT2D eigenvalue weighted by atomic mass is 10.2. The van der Waals surface area contributed by atoms with Gasteiger partial charge in [-0.15, -0.1) is 10.2 Å². The van der Waals surface area contributed by atoms with E-state index in [0.29, 0.717) is 11.4 Å². The van der Waals surface area contributed by atoms with Crippen LogP contribution in [0.4, 0.5) is 30.4 Å². The lowest BCUT2D eigenvalue weighted by Crippen LogP contribution is -2.14. The van der Waals surface area contributed by atoms with Gasteiger partial charge in [-0.3, -0.25) is 4.79 Å². The van der Waals surface area contributed by atoms with E-state index in [-0.39, 0.29) is 17.2 Å². The van der Waals surface area contributed by atoms with E-state index in [2.05, 4.69) is 20.8 Å². The Hall–Kier alpha value is -3.62. The SMILES string of the molecule is COc1ccc(NC(=O)c2ccc(Nc3ccc(F)c(F)c3F)nn2)cc1. The lowest BCUT2D eigenvalue weighted by molar-refractivity contribution is 0.102. The van der Waals surface area contributed by atoms with Crippen molar-refractivity contribution in [2.75, 3.05) is 17.7 Å². The van der Waals surface area contributed by atoms with Crippen molar-refractivity contribution in [3.63, 3.8) is 0 Å². The van der Waals surface area contributed by atoms with Crippen molar-refractivity contribution in [2.45, 2.75) is 0 Å². The smallest absolute Gasteiger partial charge is 0.276 e. The van der Waals surface area contributed by atoms with E-state index in [4.69, 9.17) is 4.74 Å². The molecule has 0 aliphatic rings. The normalized spacial score (nSPS) is 10.4. The number of methoxy groups -OCH3 is 1. The molecule has 1 aromatic heterocycles. The summed E-state index contributed by atoms with van der Waals surface area (Å²) < 4.78 is 44.9. The first-order valence-electron chi connectivity index (χ1n) is 7.67. The van der Waals surface area contributed by atoms with E-state index in [1.807, 2.05) is 0 Å². The highest BCUT2D eigenvalue weighted by molar-refractivity contribution is 6.02. The Morgan fingerprint density at radius 1 is 0.926 bits per heavy atom. The third kappa shape index (κ3) is 4.14. The van der Waals surface area contributed by atoms with E-state index >= 15 is 0 Å². The molecule has 0 unspecified atom stereocenters. The summed E-state index contributed by atoms with van der Waals surface area (Å²) in [4.78, 5) is 12.2. The highest BCUT2D eigenvalue weighted by atomic mass is 19.2. The van der Waals surface area contributed by atoms with Gasteiger partial charge in [-0.1, -0.05) is 0 Å². The monoisotopic (exact) mass is 374 g/mol. The van der Waals surface area contributed by atoms with Crippen molar-refractivity contribution < 1.29 is 22.7 Å². The molecule has 138 valence electrons. The Morgan fingerprint density at radius 2 is 1.67 bits per heavy atom. The summed E-state index contributed by atoms with van der Waals surface area (Å²) >= 11 is 0. The van der Waals surface area contributed by atoms with Crippen LogP contribution in [0.1, 0.15) is 10.5 Å². The first kappa shape index (κ1) is 18.2. The van der Waals surface area contributed by atoms with Crippen molar-refractivity contribution >= 4 is 23.1 Å². The fourth-order valence-electron chi connectivity index (χ4n) is 2.15. The number of hydrogen-bond acceptors (Lipinski definition) is 5. The van der Waals surface area contributed by atoms with Gasteiger partial charge in [0.1, 0.15) is 5.75 Å². The van der Waals surface area contributed by atoms with E-state index in [9.17, 15) is 18.0 Å². The number of aromatic nitrogens is 2. The van der Waals surface area contributed by atoms with Crippen LogP contribution in [0.2, 0.25) is 0 Å². The zero-order chi connectivity index (χ0) is 19.4. The second-order valence-electron chi connectivity index (χ2n) is 5.33. The number of halogens is 3. The van der Waals surface area contributed by atoms with Crippen LogP contribution < -0.4 is 15.4 Å². The highest BCUT2D eigenvalue weighted by Gasteiger charge is 2.14. The summed E-state index contributed by atoms with van der Waals surface area (Å²) in [7, 11) is 1.53. The molecule has 9 heteroatoms. The molecule has 0 radical (unpaired) electrons. The van der Waals surface area contributed by atoms with E-state index in [1.165, 1.54) is 19.2 Å². The van der Waals surface area contributed by atoms with Crippen LogP contribution in [0.5, 0.6) is 5.75 Å². The molecule has 0 atom stereocenters. The first-order chi connectivity index (χ1) is 13.0. The molecule has 3 rings (SSSR count). The number of nitrogens with zero attached hydrogens (tertiary/aromatic N) is 2. The molecule has 1 heterocycles. The summed E-state index contributed by atoms with van der Waals surface area (Å²) in [6.07, 6.45) is 0. The van der Waals surface area contributed by atoms with E-state index in [1.54, 1.807) is 24.3 Å². The van der Waals surface area contributed by atoms with E-state index < -0.39 is 23.4 Å². The van der Waals surface area contributed by atoms with Gasteiger partial charge < -0.3 is 15.4 Å². The Labute approximate surface area is 152 Å². The quantitative estimate of drug-likeness (QED) is 0.663.